The lowest BCUT2D eigenvalue weighted by Crippen LogP contribution is -2.29. The molecule has 0 saturated carbocycles. The second-order valence-corrected chi connectivity index (χ2v) is 3.17. The molecule has 15 heavy (non-hydrogen) atoms. The lowest BCUT2D eigenvalue weighted by molar-refractivity contribution is -0.119. The topological polar surface area (TPSA) is 57.6 Å². The highest BCUT2D eigenvalue weighted by Crippen LogP contribution is 2.19. The highest BCUT2D eigenvalue weighted by molar-refractivity contribution is 6.28. The molecule has 0 radical (unpaired) electrons. The third-order valence-electron chi connectivity index (χ3n) is 2.16. The maximum Gasteiger partial charge on any atom is 0.258 e. The van der Waals surface area contributed by atoms with Gasteiger partial charge in [0.15, 0.2) is 0 Å². The van der Waals surface area contributed by atoms with Gasteiger partial charge in [-0.25, -0.2) is 4.90 Å². The molecule has 2 amide bonds. The van der Waals surface area contributed by atoms with Crippen LogP contribution < -0.4 is 4.90 Å². The zero-order chi connectivity index (χ0) is 10.8. The Morgan fingerprint density at radius 2 is 1.80 bits per heavy atom. The summed E-state index contributed by atoms with van der Waals surface area (Å²) in [4.78, 5) is 23.7. The molecular weight excluding hydrogens is 194 g/mol. The zero-order valence-corrected chi connectivity index (χ0v) is 7.88. The van der Waals surface area contributed by atoms with Gasteiger partial charge in [-0.15, -0.1) is 0 Å². The summed E-state index contributed by atoms with van der Waals surface area (Å²) >= 11 is 0. The van der Waals surface area contributed by atoms with Gasteiger partial charge in [-0.2, -0.15) is 0 Å². The van der Waals surface area contributed by atoms with Gasteiger partial charge in [0.1, 0.15) is 0 Å². The van der Waals surface area contributed by atoms with Gasteiger partial charge < -0.3 is 5.11 Å². The van der Waals surface area contributed by atoms with Crippen molar-refractivity contribution in [2.75, 3.05) is 4.90 Å². The molecule has 4 heteroatoms. The Labute approximate surface area is 86.4 Å². The van der Waals surface area contributed by atoms with Crippen molar-refractivity contribution in [2.24, 2.45) is 0 Å². The number of hydrogen-bond donors (Lipinski definition) is 1. The van der Waals surface area contributed by atoms with Crippen LogP contribution in [0, 0.1) is 0 Å². The SMILES string of the molecule is O=C1C=CC(=O)N1c1cccc(CO)c1. The van der Waals surface area contributed by atoms with Crippen LogP contribution in [0.25, 0.3) is 0 Å². The monoisotopic (exact) mass is 203 g/mol. The third kappa shape index (κ3) is 1.67. The van der Waals surface area contributed by atoms with E-state index in [1.54, 1.807) is 24.3 Å². The van der Waals surface area contributed by atoms with Gasteiger partial charge >= 0.3 is 0 Å². The van der Waals surface area contributed by atoms with Crippen LogP contribution in [0.5, 0.6) is 0 Å². The molecule has 0 unspecified atom stereocenters. The fourth-order valence-corrected chi connectivity index (χ4v) is 1.45. The highest BCUT2D eigenvalue weighted by Gasteiger charge is 2.24. The van der Waals surface area contributed by atoms with Crippen LogP contribution in [0.3, 0.4) is 0 Å². The maximum atomic E-state index is 11.3. The Morgan fingerprint density at radius 3 is 2.40 bits per heavy atom. The summed E-state index contributed by atoms with van der Waals surface area (Å²) in [7, 11) is 0. The molecule has 1 aromatic rings. The summed E-state index contributed by atoms with van der Waals surface area (Å²) in [6, 6.07) is 6.69. The van der Waals surface area contributed by atoms with Crippen LogP contribution in [0.2, 0.25) is 0 Å². The number of benzene rings is 1. The van der Waals surface area contributed by atoms with Gasteiger partial charge in [0.05, 0.1) is 12.3 Å². The fraction of sp³-hybridized carbons (Fsp3) is 0.0909. The standard InChI is InChI=1S/C11H9NO3/c13-7-8-2-1-3-9(6-8)12-10(14)4-5-11(12)15/h1-6,13H,7H2. The number of aliphatic hydroxyl groups is 1. The molecule has 0 spiro atoms. The molecule has 2 rings (SSSR count). The van der Waals surface area contributed by atoms with E-state index >= 15 is 0 Å². The first-order valence-electron chi connectivity index (χ1n) is 4.48. The van der Waals surface area contributed by atoms with E-state index in [0.29, 0.717) is 11.3 Å². The molecule has 1 aliphatic rings. The largest absolute Gasteiger partial charge is 0.392 e. The molecule has 0 aliphatic carbocycles. The normalized spacial score (nSPS) is 15.1. The highest BCUT2D eigenvalue weighted by atomic mass is 16.3. The number of carbonyl (C=O) groups is 2. The van der Waals surface area contributed by atoms with Gasteiger partial charge in [-0.1, -0.05) is 12.1 Å². The van der Waals surface area contributed by atoms with Crippen molar-refractivity contribution in [3.8, 4) is 0 Å². The van der Waals surface area contributed by atoms with E-state index in [4.69, 9.17) is 5.11 Å². The second kappa shape index (κ2) is 3.67. The first-order valence-corrected chi connectivity index (χ1v) is 4.48. The van der Waals surface area contributed by atoms with E-state index in [1.165, 1.54) is 12.2 Å². The van der Waals surface area contributed by atoms with E-state index in [1.807, 2.05) is 0 Å². The molecule has 1 aliphatic heterocycles. The molecule has 1 aromatic carbocycles. The molecule has 0 bridgehead atoms. The number of nitrogens with zero attached hydrogens (tertiary/aromatic N) is 1. The lowest BCUT2D eigenvalue weighted by Gasteiger charge is -2.14. The van der Waals surface area contributed by atoms with Crippen molar-refractivity contribution in [3.63, 3.8) is 0 Å². The molecule has 4 nitrogen and oxygen atoms in total. The first kappa shape index (κ1) is 9.61. The predicted molar refractivity (Wildman–Crippen MR) is 54.0 cm³/mol. The quantitative estimate of drug-likeness (QED) is 0.716. The molecule has 0 atom stereocenters. The van der Waals surface area contributed by atoms with Crippen molar-refractivity contribution in [3.05, 3.63) is 42.0 Å². The fourth-order valence-electron chi connectivity index (χ4n) is 1.45. The lowest BCUT2D eigenvalue weighted by atomic mass is 10.2. The number of aliphatic hydroxyl groups excluding tert-OH is 1. The van der Waals surface area contributed by atoms with Gasteiger partial charge in [0.2, 0.25) is 0 Å². The Morgan fingerprint density at radius 1 is 1.13 bits per heavy atom. The Bertz CT molecular complexity index is 433. The maximum absolute atomic E-state index is 11.3. The molecule has 0 saturated heterocycles. The minimum Gasteiger partial charge on any atom is -0.392 e. The summed E-state index contributed by atoms with van der Waals surface area (Å²) in [6.45, 7) is -0.114. The summed E-state index contributed by atoms with van der Waals surface area (Å²) in [5.74, 6) is -0.704. The van der Waals surface area contributed by atoms with Gasteiger partial charge in [-0.3, -0.25) is 9.59 Å². The van der Waals surface area contributed by atoms with Crippen LogP contribution in [0.1, 0.15) is 5.56 Å². The molecule has 76 valence electrons. The van der Waals surface area contributed by atoms with Crippen LogP contribution in [0.4, 0.5) is 5.69 Å². The molecule has 1 heterocycles. The number of rotatable bonds is 2. The predicted octanol–water partition coefficient (Wildman–Crippen LogP) is 0.608. The zero-order valence-electron chi connectivity index (χ0n) is 7.88. The van der Waals surface area contributed by atoms with E-state index in [-0.39, 0.29) is 18.4 Å². The molecular formula is C11H9NO3. The molecule has 0 aromatic heterocycles. The van der Waals surface area contributed by atoms with Crippen LogP contribution >= 0.6 is 0 Å². The summed E-state index contributed by atoms with van der Waals surface area (Å²) < 4.78 is 0. The molecule has 1 N–H and O–H groups in total. The van der Waals surface area contributed by atoms with Gasteiger partial charge in [-0.05, 0) is 17.7 Å². The first-order chi connectivity index (χ1) is 7.22. The Kier molecular flexibility index (Phi) is 2.35. The van der Waals surface area contributed by atoms with Crippen molar-refractivity contribution >= 4 is 17.5 Å². The third-order valence-corrected chi connectivity index (χ3v) is 2.16. The van der Waals surface area contributed by atoms with Gasteiger partial charge in [0, 0.05) is 12.2 Å². The van der Waals surface area contributed by atoms with Crippen molar-refractivity contribution in [1.82, 2.24) is 0 Å². The van der Waals surface area contributed by atoms with Gasteiger partial charge in [0.25, 0.3) is 11.8 Å². The number of carbonyl (C=O) groups excluding carboxylic acids is 2. The van der Waals surface area contributed by atoms with Crippen molar-refractivity contribution < 1.29 is 14.7 Å². The van der Waals surface area contributed by atoms with E-state index in [0.717, 1.165) is 4.90 Å². The van der Waals surface area contributed by atoms with E-state index in [2.05, 4.69) is 0 Å². The van der Waals surface area contributed by atoms with Crippen molar-refractivity contribution in [1.29, 1.82) is 0 Å². The summed E-state index contributed by atoms with van der Waals surface area (Å²) in [5.41, 5.74) is 1.15. The minimum absolute atomic E-state index is 0.114. The average Bonchev–Trinajstić information content (AvgIpc) is 2.59. The minimum atomic E-state index is -0.352. The Balaban J connectivity index is 2.37. The smallest absolute Gasteiger partial charge is 0.258 e. The number of amides is 2. The Hall–Kier alpha value is -1.94. The van der Waals surface area contributed by atoms with Crippen LogP contribution in [0.15, 0.2) is 36.4 Å². The number of hydrogen-bond acceptors (Lipinski definition) is 3. The number of anilines is 1. The summed E-state index contributed by atoms with van der Waals surface area (Å²) in [5, 5.41) is 8.93. The summed E-state index contributed by atoms with van der Waals surface area (Å²) in [6.07, 6.45) is 2.46. The van der Waals surface area contributed by atoms with E-state index in [9.17, 15) is 9.59 Å². The van der Waals surface area contributed by atoms with Crippen LogP contribution in [-0.4, -0.2) is 16.9 Å². The molecule has 0 fully saturated rings. The second-order valence-electron chi connectivity index (χ2n) is 3.17. The van der Waals surface area contributed by atoms with Crippen LogP contribution in [-0.2, 0) is 16.2 Å². The van der Waals surface area contributed by atoms with E-state index < -0.39 is 0 Å². The average molecular weight is 203 g/mol. The van der Waals surface area contributed by atoms with Crippen molar-refractivity contribution in [2.45, 2.75) is 6.61 Å². The number of imide groups is 1.